The summed E-state index contributed by atoms with van der Waals surface area (Å²) >= 11 is 0. The highest BCUT2D eigenvalue weighted by Crippen LogP contribution is 2.11. The number of alkyl carbamates (subject to hydrolysis) is 1. The van der Waals surface area contributed by atoms with Gasteiger partial charge in [0.2, 0.25) is 0 Å². The Kier molecular flexibility index (Phi) is 5.69. The van der Waals surface area contributed by atoms with Crippen molar-refractivity contribution in [2.45, 2.75) is 26.4 Å². The summed E-state index contributed by atoms with van der Waals surface area (Å²) in [5.41, 5.74) is 3.13. The first-order valence-corrected chi connectivity index (χ1v) is 8.70. The summed E-state index contributed by atoms with van der Waals surface area (Å²) < 4.78 is 5.24. The molecule has 0 bridgehead atoms. The number of aromatic nitrogens is 1. The zero-order chi connectivity index (χ0) is 18.4. The topological polar surface area (TPSA) is 71.2 Å². The molecule has 0 saturated heterocycles. The first kappa shape index (κ1) is 17.7. The molecule has 0 atom stereocenters. The Morgan fingerprint density at radius 1 is 1.08 bits per heavy atom. The van der Waals surface area contributed by atoms with E-state index in [0.717, 1.165) is 18.4 Å². The van der Waals surface area contributed by atoms with Gasteiger partial charge in [-0.05, 0) is 37.5 Å². The van der Waals surface area contributed by atoms with Gasteiger partial charge in [0.05, 0.1) is 5.69 Å². The van der Waals surface area contributed by atoms with Crippen molar-refractivity contribution in [1.82, 2.24) is 10.3 Å². The lowest BCUT2D eigenvalue weighted by Gasteiger charge is -2.10. The first-order chi connectivity index (χ1) is 12.6. The fraction of sp³-hybridized carbons (Fsp3) is 0.238. The molecule has 1 amide bonds. The molecule has 26 heavy (non-hydrogen) atoms. The molecule has 0 radical (unpaired) electrons. The van der Waals surface area contributed by atoms with Crippen LogP contribution in [0.25, 0.3) is 10.9 Å². The number of aryl methyl sites for hydroxylation is 1. The average molecular weight is 350 g/mol. The zero-order valence-corrected chi connectivity index (χ0v) is 14.7. The maximum atomic E-state index is 12.4. The molecule has 5 nitrogen and oxygen atoms in total. The second-order valence-corrected chi connectivity index (χ2v) is 6.20. The van der Waals surface area contributed by atoms with Crippen molar-refractivity contribution in [1.29, 1.82) is 0 Å². The van der Waals surface area contributed by atoms with Crippen LogP contribution in [0.5, 0.6) is 0 Å². The number of ether oxygens (including phenoxy) is 1. The molecular formula is C21H22N2O3. The van der Waals surface area contributed by atoms with Crippen LogP contribution >= 0.6 is 0 Å². The minimum Gasteiger partial charge on any atom is -0.443 e. The third-order valence-electron chi connectivity index (χ3n) is 4.35. The molecule has 2 N–H and O–H groups in total. The SMILES string of the molecule is Cc1c(COC(=O)NCCCc2ccccc2)[nH]c2ccccc2c1=O. The summed E-state index contributed by atoms with van der Waals surface area (Å²) in [6, 6.07) is 17.4. The number of carbonyl (C=O) groups is 1. The first-order valence-electron chi connectivity index (χ1n) is 8.70. The van der Waals surface area contributed by atoms with Crippen molar-refractivity contribution in [3.8, 4) is 0 Å². The van der Waals surface area contributed by atoms with Gasteiger partial charge in [-0.1, -0.05) is 42.5 Å². The summed E-state index contributed by atoms with van der Waals surface area (Å²) in [5, 5.41) is 3.38. The number of H-pyrrole nitrogens is 1. The summed E-state index contributed by atoms with van der Waals surface area (Å²) in [6.07, 6.45) is 1.26. The van der Waals surface area contributed by atoms with Crippen molar-refractivity contribution in [3.05, 3.63) is 81.6 Å². The average Bonchev–Trinajstić information content (AvgIpc) is 2.68. The molecule has 5 heteroatoms. The van der Waals surface area contributed by atoms with Crippen molar-refractivity contribution in [2.24, 2.45) is 0 Å². The number of hydrogen-bond donors (Lipinski definition) is 2. The molecule has 134 valence electrons. The Labute approximate surface area is 152 Å². The van der Waals surface area contributed by atoms with E-state index in [4.69, 9.17) is 4.74 Å². The van der Waals surface area contributed by atoms with E-state index in [2.05, 4.69) is 22.4 Å². The van der Waals surface area contributed by atoms with E-state index >= 15 is 0 Å². The molecule has 0 aliphatic carbocycles. The number of rotatable bonds is 6. The van der Waals surface area contributed by atoms with Crippen molar-refractivity contribution < 1.29 is 9.53 Å². The predicted molar refractivity (Wildman–Crippen MR) is 102 cm³/mol. The minimum atomic E-state index is -0.480. The Bertz CT molecular complexity index is 948. The predicted octanol–water partition coefficient (Wildman–Crippen LogP) is 3.70. The van der Waals surface area contributed by atoms with Crippen LogP contribution in [0.4, 0.5) is 4.79 Å². The van der Waals surface area contributed by atoms with Crippen LogP contribution in [0.3, 0.4) is 0 Å². The van der Waals surface area contributed by atoms with Gasteiger partial charge in [-0.25, -0.2) is 4.79 Å². The molecule has 3 rings (SSSR count). The van der Waals surface area contributed by atoms with Crippen LogP contribution < -0.4 is 10.7 Å². The number of benzene rings is 2. The second kappa shape index (κ2) is 8.34. The van der Waals surface area contributed by atoms with E-state index in [0.29, 0.717) is 23.2 Å². The maximum Gasteiger partial charge on any atom is 0.407 e. The van der Waals surface area contributed by atoms with Crippen LogP contribution in [-0.4, -0.2) is 17.6 Å². The van der Waals surface area contributed by atoms with Crippen molar-refractivity contribution in [3.63, 3.8) is 0 Å². The number of amides is 1. The number of hydrogen-bond acceptors (Lipinski definition) is 3. The van der Waals surface area contributed by atoms with E-state index in [9.17, 15) is 9.59 Å². The number of carbonyl (C=O) groups excluding carboxylic acids is 1. The largest absolute Gasteiger partial charge is 0.443 e. The van der Waals surface area contributed by atoms with Gasteiger partial charge in [0, 0.05) is 23.0 Å². The zero-order valence-electron chi connectivity index (χ0n) is 14.7. The monoisotopic (exact) mass is 350 g/mol. The molecular weight excluding hydrogens is 328 g/mol. The van der Waals surface area contributed by atoms with Crippen LogP contribution in [0, 0.1) is 6.92 Å². The third kappa shape index (κ3) is 4.30. The standard InChI is InChI=1S/C21H22N2O3/c1-15-19(23-18-12-6-5-11-17(18)20(15)24)14-26-21(25)22-13-7-10-16-8-3-2-4-9-16/h2-6,8-9,11-12H,7,10,13-14H2,1H3,(H,22,25)(H,23,24). The molecule has 0 spiro atoms. The maximum absolute atomic E-state index is 12.4. The van der Waals surface area contributed by atoms with Gasteiger partial charge in [-0.3, -0.25) is 4.79 Å². The molecule has 1 aromatic heterocycles. The molecule has 0 fully saturated rings. The van der Waals surface area contributed by atoms with E-state index in [-0.39, 0.29) is 12.0 Å². The van der Waals surface area contributed by atoms with Gasteiger partial charge in [-0.2, -0.15) is 0 Å². The van der Waals surface area contributed by atoms with Crippen LogP contribution in [0.1, 0.15) is 23.2 Å². The van der Waals surface area contributed by atoms with Gasteiger partial charge in [-0.15, -0.1) is 0 Å². The number of para-hydroxylation sites is 1. The second-order valence-electron chi connectivity index (χ2n) is 6.20. The molecule has 0 aliphatic heterocycles. The Balaban J connectivity index is 1.51. The molecule has 1 heterocycles. The van der Waals surface area contributed by atoms with E-state index < -0.39 is 6.09 Å². The highest BCUT2D eigenvalue weighted by atomic mass is 16.5. The molecule has 3 aromatic rings. The van der Waals surface area contributed by atoms with Crippen molar-refractivity contribution in [2.75, 3.05) is 6.54 Å². The molecule has 0 unspecified atom stereocenters. The Morgan fingerprint density at radius 3 is 2.62 bits per heavy atom. The summed E-state index contributed by atoms with van der Waals surface area (Å²) in [4.78, 5) is 27.4. The number of fused-ring (bicyclic) bond motifs is 1. The molecule has 0 saturated carbocycles. The normalized spacial score (nSPS) is 10.7. The molecule has 2 aromatic carbocycles. The van der Waals surface area contributed by atoms with Gasteiger partial charge in [0.25, 0.3) is 0 Å². The van der Waals surface area contributed by atoms with E-state index in [1.807, 2.05) is 36.4 Å². The number of pyridine rings is 1. The molecule has 0 aliphatic rings. The smallest absolute Gasteiger partial charge is 0.407 e. The quantitative estimate of drug-likeness (QED) is 0.666. The summed E-state index contributed by atoms with van der Waals surface area (Å²) in [6.45, 7) is 2.32. The summed E-state index contributed by atoms with van der Waals surface area (Å²) in [7, 11) is 0. The highest BCUT2D eigenvalue weighted by Gasteiger charge is 2.10. The highest BCUT2D eigenvalue weighted by molar-refractivity contribution is 5.79. The van der Waals surface area contributed by atoms with E-state index in [1.54, 1.807) is 13.0 Å². The van der Waals surface area contributed by atoms with Crippen LogP contribution in [0.2, 0.25) is 0 Å². The fourth-order valence-corrected chi connectivity index (χ4v) is 2.85. The minimum absolute atomic E-state index is 0.0381. The fourth-order valence-electron chi connectivity index (χ4n) is 2.85. The third-order valence-corrected chi connectivity index (χ3v) is 4.35. The lowest BCUT2D eigenvalue weighted by molar-refractivity contribution is 0.138. The number of aromatic amines is 1. The lowest BCUT2D eigenvalue weighted by Crippen LogP contribution is -2.26. The van der Waals surface area contributed by atoms with Gasteiger partial charge >= 0.3 is 6.09 Å². The van der Waals surface area contributed by atoms with Gasteiger partial charge < -0.3 is 15.0 Å². The van der Waals surface area contributed by atoms with Crippen molar-refractivity contribution >= 4 is 17.0 Å². The van der Waals surface area contributed by atoms with Gasteiger partial charge in [0.15, 0.2) is 5.43 Å². The summed E-state index contributed by atoms with van der Waals surface area (Å²) in [5.74, 6) is 0. The van der Waals surface area contributed by atoms with Gasteiger partial charge in [0.1, 0.15) is 6.61 Å². The number of nitrogens with one attached hydrogen (secondary N) is 2. The Morgan fingerprint density at radius 2 is 1.81 bits per heavy atom. The lowest BCUT2D eigenvalue weighted by atomic mass is 10.1. The van der Waals surface area contributed by atoms with Crippen LogP contribution in [0.15, 0.2) is 59.4 Å². The van der Waals surface area contributed by atoms with Crippen LogP contribution in [-0.2, 0) is 17.8 Å². The Hall–Kier alpha value is -3.08. The van der Waals surface area contributed by atoms with E-state index in [1.165, 1.54) is 5.56 Å².